The molecule has 0 aliphatic heterocycles. The van der Waals surface area contributed by atoms with Gasteiger partial charge in [0.05, 0.1) is 16.1 Å². The Balaban J connectivity index is 2.00. The first-order valence-corrected chi connectivity index (χ1v) is 8.66. The van der Waals surface area contributed by atoms with E-state index in [9.17, 15) is 22.7 Å². The van der Waals surface area contributed by atoms with Crippen molar-refractivity contribution >= 4 is 15.8 Å². The molecule has 0 bridgehead atoms. The maximum atomic E-state index is 13.4. The maximum Gasteiger partial charge on any atom is 0.308 e. The Morgan fingerprint density at radius 2 is 1.78 bits per heavy atom. The molecule has 2 aromatic rings. The molecule has 0 unspecified atom stereocenters. The van der Waals surface area contributed by atoms with E-state index in [1.54, 1.807) is 18.2 Å². The van der Waals surface area contributed by atoms with Gasteiger partial charge in [-0.1, -0.05) is 29.8 Å². The Morgan fingerprint density at radius 3 is 2.35 bits per heavy atom. The van der Waals surface area contributed by atoms with Crippen LogP contribution < -0.4 is 0 Å². The summed E-state index contributed by atoms with van der Waals surface area (Å²) in [5.41, 5.74) is 1.31. The summed E-state index contributed by atoms with van der Waals surface area (Å²) >= 11 is 0. The lowest BCUT2D eigenvalue weighted by atomic mass is 10.1. The molecule has 4 nitrogen and oxygen atoms in total. The van der Waals surface area contributed by atoms with E-state index in [1.807, 2.05) is 6.92 Å². The number of aryl methyl sites for hydroxylation is 1. The second-order valence-electron chi connectivity index (χ2n) is 5.77. The van der Waals surface area contributed by atoms with Gasteiger partial charge in [0.15, 0.2) is 9.84 Å². The first-order chi connectivity index (χ1) is 10.8. The number of halogens is 1. The van der Waals surface area contributed by atoms with Gasteiger partial charge in [0.1, 0.15) is 5.82 Å². The van der Waals surface area contributed by atoms with E-state index in [0.29, 0.717) is 5.56 Å². The van der Waals surface area contributed by atoms with Gasteiger partial charge in [-0.05, 0) is 36.8 Å². The number of carbonyl (C=O) groups is 1. The third-order valence-corrected chi connectivity index (χ3v) is 6.41. The van der Waals surface area contributed by atoms with Crippen LogP contribution in [0, 0.1) is 18.7 Å². The molecule has 0 heterocycles. The van der Waals surface area contributed by atoms with Crippen molar-refractivity contribution in [2.45, 2.75) is 23.0 Å². The molecule has 3 atom stereocenters. The van der Waals surface area contributed by atoms with Gasteiger partial charge in [0.2, 0.25) is 0 Å². The fourth-order valence-corrected chi connectivity index (χ4v) is 5.08. The molecule has 0 saturated heterocycles. The van der Waals surface area contributed by atoms with Crippen molar-refractivity contribution in [1.82, 2.24) is 0 Å². The minimum Gasteiger partial charge on any atom is -0.481 e. The predicted octanol–water partition coefficient (Wildman–Crippen LogP) is 2.77. The highest BCUT2D eigenvalue weighted by Gasteiger charge is 2.63. The van der Waals surface area contributed by atoms with Crippen molar-refractivity contribution in [2.75, 3.05) is 0 Å². The van der Waals surface area contributed by atoms with E-state index in [-0.39, 0.29) is 4.90 Å². The number of hydrogen-bond acceptors (Lipinski definition) is 3. The van der Waals surface area contributed by atoms with Gasteiger partial charge >= 0.3 is 5.97 Å². The largest absolute Gasteiger partial charge is 0.481 e. The molecule has 6 heteroatoms. The van der Waals surface area contributed by atoms with Crippen molar-refractivity contribution in [3.05, 3.63) is 65.5 Å². The van der Waals surface area contributed by atoms with E-state index in [4.69, 9.17) is 0 Å². The van der Waals surface area contributed by atoms with Crippen LogP contribution in [-0.4, -0.2) is 24.7 Å². The summed E-state index contributed by atoms with van der Waals surface area (Å²) in [6, 6.07) is 11.8. The summed E-state index contributed by atoms with van der Waals surface area (Å²) in [7, 11) is -3.79. The average Bonchev–Trinajstić information content (AvgIpc) is 3.24. The van der Waals surface area contributed by atoms with Gasteiger partial charge in [-0.15, -0.1) is 0 Å². The predicted molar refractivity (Wildman–Crippen MR) is 82.4 cm³/mol. The van der Waals surface area contributed by atoms with Crippen molar-refractivity contribution in [3.63, 3.8) is 0 Å². The third-order valence-electron chi connectivity index (χ3n) is 4.18. The topological polar surface area (TPSA) is 71.4 Å². The maximum absolute atomic E-state index is 13.4. The van der Waals surface area contributed by atoms with E-state index >= 15 is 0 Å². The molecule has 0 radical (unpaired) electrons. The number of hydrogen-bond donors (Lipinski definition) is 1. The van der Waals surface area contributed by atoms with Crippen LogP contribution in [-0.2, 0) is 14.6 Å². The summed E-state index contributed by atoms with van der Waals surface area (Å²) in [4.78, 5) is 11.5. The Labute approximate surface area is 133 Å². The summed E-state index contributed by atoms with van der Waals surface area (Å²) in [6.45, 7) is 1.84. The van der Waals surface area contributed by atoms with Crippen LogP contribution in [0.15, 0.2) is 53.4 Å². The first-order valence-electron chi connectivity index (χ1n) is 7.11. The lowest BCUT2D eigenvalue weighted by molar-refractivity contribution is -0.138. The molecule has 1 aliphatic rings. The zero-order valence-corrected chi connectivity index (χ0v) is 13.1. The number of carboxylic acids is 1. The Morgan fingerprint density at radius 1 is 1.13 bits per heavy atom. The number of carboxylic acid groups (broad SMARTS) is 1. The fourth-order valence-electron chi connectivity index (χ4n) is 2.96. The molecule has 0 amide bonds. The zero-order chi connectivity index (χ0) is 16.8. The normalized spacial score (nSPS) is 23.5. The van der Waals surface area contributed by atoms with Crippen molar-refractivity contribution in [2.24, 2.45) is 5.92 Å². The highest BCUT2D eigenvalue weighted by Crippen LogP contribution is 2.54. The molecular formula is C17H15FO4S. The molecular weight excluding hydrogens is 319 g/mol. The number of rotatable bonds is 4. The average molecular weight is 334 g/mol. The fraction of sp³-hybridized carbons (Fsp3) is 0.235. The van der Waals surface area contributed by atoms with Crippen LogP contribution in [0.2, 0.25) is 0 Å². The Hall–Kier alpha value is -2.21. The lowest BCUT2D eigenvalue weighted by Crippen LogP contribution is -2.13. The van der Waals surface area contributed by atoms with Gasteiger partial charge in [-0.3, -0.25) is 4.79 Å². The van der Waals surface area contributed by atoms with Gasteiger partial charge in [-0.2, -0.15) is 0 Å². The number of aliphatic carboxylic acids is 1. The minimum atomic E-state index is -3.79. The molecule has 3 rings (SSSR count). The van der Waals surface area contributed by atoms with Crippen LogP contribution in [0.4, 0.5) is 4.39 Å². The van der Waals surface area contributed by atoms with Crippen molar-refractivity contribution in [3.8, 4) is 0 Å². The van der Waals surface area contributed by atoms with Crippen LogP contribution in [0.3, 0.4) is 0 Å². The van der Waals surface area contributed by atoms with Gasteiger partial charge in [0, 0.05) is 5.92 Å². The summed E-state index contributed by atoms with van der Waals surface area (Å²) in [5.74, 6) is -3.47. The van der Waals surface area contributed by atoms with Crippen molar-refractivity contribution < 1.29 is 22.7 Å². The smallest absolute Gasteiger partial charge is 0.308 e. The van der Waals surface area contributed by atoms with E-state index in [0.717, 1.165) is 5.56 Å². The summed E-state index contributed by atoms with van der Waals surface area (Å²) < 4.78 is 38.8. The van der Waals surface area contributed by atoms with Crippen LogP contribution in [0.25, 0.3) is 0 Å². The highest BCUT2D eigenvalue weighted by molar-refractivity contribution is 7.92. The second-order valence-corrected chi connectivity index (χ2v) is 7.87. The highest BCUT2D eigenvalue weighted by atomic mass is 32.2. The number of sulfone groups is 1. The van der Waals surface area contributed by atoms with E-state index < -0.39 is 38.7 Å². The quantitative estimate of drug-likeness (QED) is 0.933. The Kier molecular flexibility index (Phi) is 3.72. The van der Waals surface area contributed by atoms with Gasteiger partial charge in [-0.25, -0.2) is 12.8 Å². The van der Waals surface area contributed by atoms with Gasteiger partial charge in [0.25, 0.3) is 0 Å². The third kappa shape index (κ3) is 2.74. The van der Waals surface area contributed by atoms with Crippen LogP contribution in [0.1, 0.15) is 17.0 Å². The molecule has 120 valence electrons. The summed E-state index contributed by atoms with van der Waals surface area (Å²) in [5, 5.41) is 8.26. The summed E-state index contributed by atoms with van der Waals surface area (Å²) in [6.07, 6.45) is 0. The molecule has 1 saturated carbocycles. The van der Waals surface area contributed by atoms with Crippen LogP contribution >= 0.6 is 0 Å². The second kappa shape index (κ2) is 5.45. The standard InChI is InChI=1S/C17H15FO4S/c1-10-5-7-13(8-6-10)23(21,22)16-14(15(16)17(19)20)11-3-2-4-12(18)9-11/h2-9,14-16H,1H3,(H,19,20)/t14-,15-,16+/m0/s1. The molecule has 0 aromatic heterocycles. The van der Waals surface area contributed by atoms with E-state index in [1.165, 1.54) is 30.3 Å². The minimum absolute atomic E-state index is 0.0956. The molecule has 0 spiro atoms. The molecule has 1 N–H and O–H groups in total. The SMILES string of the molecule is Cc1ccc(S(=O)(=O)[C@H]2[C@@H](C(=O)O)[C@@H]2c2cccc(F)c2)cc1. The lowest BCUT2D eigenvalue weighted by Gasteiger charge is -2.05. The zero-order valence-electron chi connectivity index (χ0n) is 12.3. The van der Waals surface area contributed by atoms with E-state index in [2.05, 4.69) is 0 Å². The molecule has 1 aliphatic carbocycles. The molecule has 2 aromatic carbocycles. The van der Waals surface area contributed by atoms with Crippen LogP contribution in [0.5, 0.6) is 0 Å². The monoisotopic (exact) mass is 334 g/mol. The van der Waals surface area contributed by atoms with Crippen molar-refractivity contribution in [1.29, 1.82) is 0 Å². The van der Waals surface area contributed by atoms with Gasteiger partial charge < -0.3 is 5.11 Å². The Bertz CT molecular complexity index is 858. The number of benzene rings is 2. The first kappa shape index (κ1) is 15.7. The molecule has 23 heavy (non-hydrogen) atoms. The molecule has 1 fully saturated rings.